The van der Waals surface area contributed by atoms with Crippen LogP contribution in [0.2, 0.25) is 0 Å². The van der Waals surface area contributed by atoms with Gasteiger partial charge in [-0.2, -0.15) is 0 Å². The Kier molecular flexibility index (Phi) is 4.46. The van der Waals surface area contributed by atoms with Crippen LogP contribution in [0.5, 0.6) is 0 Å². The van der Waals surface area contributed by atoms with Crippen molar-refractivity contribution in [2.24, 2.45) is 0 Å². The first-order valence-corrected chi connectivity index (χ1v) is 8.08. The van der Waals surface area contributed by atoms with Crippen molar-refractivity contribution in [2.75, 3.05) is 4.72 Å². The number of carbonyl (C=O) groups excluding carboxylic acids is 1. The van der Waals surface area contributed by atoms with Crippen molar-refractivity contribution in [1.82, 2.24) is 0 Å². The van der Waals surface area contributed by atoms with E-state index < -0.39 is 14.9 Å². The number of ketones is 1. The number of anilines is 1. The monoisotopic (exact) mass is 334 g/mol. The van der Waals surface area contributed by atoms with E-state index in [2.05, 4.69) is 4.72 Å². The van der Waals surface area contributed by atoms with Crippen LogP contribution in [0.15, 0.2) is 47.4 Å². The van der Waals surface area contributed by atoms with Crippen LogP contribution in [-0.2, 0) is 10.0 Å². The minimum atomic E-state index is -3.97. The molecule has 120 valence electrons. The number of nitro groups is 1. The molecule has 0 saturated heterocycles. The zero-order valence-electron chi connectivity index (χ0n) is 12.4. The molecule has 2 aromatic carbocycles. The molecule has 2 aromatic rings. The number of Topliss-reactive ketones (excluding diaryl/α,β-unsaturated/α-hetero) is 1. The Morgan fingerprint density at radius 3 is 2.26 bits per heavy atom. The van der Waals surface area contributed by atoms with Gasteiger partial charge >= 0.3 is 0 Å². The van der Waals surface area contributed by atoms with Crippen LogP contribution >= 0.6 is 0 Å². The van der Waals surface area contributed by atoms with Crippen molar-refractivity contribution in [3.8, 4) is 0 Å². The van der Waals surface area contributed by atoms with E-state index in [1.54, 1.807) is 6.92 Å². The second-order valence-electron chi connectivity index (χ2n) is 4.95. The number of non-ortho nitro benzene ring substituents is 1. The summed E-state index contributed by atoms with van der Waals surface area (Å²) >= 11 is 0. The highest BCUT2D eigenvalue weighted by atomic mass is 32.2. The Morgan fingerprint density at radius 1 is 1.13 bits per heavy atom. The van der Waals surface area contributed by atoms with E-state index in [0.29, 0.717) is 11.1 Å². The minimum Gasteiger partial charge on any atom is -0.295 e. The van der Waals surface area contributed by atoms with Gasteiger partial charge in [0.1, 0.15) is 0 Å². The fourth-order valence-electron chi connectivity index (χ4n) is 1.97. The molecule has 23 heavy (non-hydrogen) atoms. The predicted molar refractivity (Wildman–Crippen MR) is 85.1 cm³/mol. The van der Waals surface area contributed by atoms with Gasteiger partial charge in [-0.25, -0.2) is 8.42 Å². The molecule has 0 aliphatic carbocycles. The van der Waals surface area contributed by atoms with Gasteiger partial charge in [0.05, 0.1) is 9.82 Å². The molecule has 0 heterocycles. The molecule has 8 heteroatoms. The highest BCUT2D eigenvalue weighted by Crippen LogP contribution is 2.24. The largest absolute Gasteiger partial charge is 0.295 e. The first kappa shape index (κ1) is 16.6. The number of nitro benzene ring substituents is 1. The zero-order valence-corrected chi connectivity index (χ0v) is 13.3. The van der Waals surface area contributed by atoms with Crippen LogP contribution in [0.4, 0.5) is 11.4 Å². The van der Waals surface area contributed by atoms with E-state index in [0.717, 1.165) is 6.07 Å². The third-order valence-electron chi connectivity index (χ3n) is 3.22. The number of benzene rings is 2. The number of sulfonamides is 1. The van der Waals surface area contributed by atoms with E-state index in [1.807, 2.05) is 0 Å². The van der Waals surface area contributed by atoms with Gasteiger partial charge in [-0.05, 0) is 43.7 Å². The van der Waals surface area contributed by atoms with Gasteiger partial charge in [0.15, 0.2) is 5.78 Å². The SMILES string of the molecule is CC(=O)c1ccc(NS(=O)(=O)c2cc([N+](=O)[O-])ccc2C)cc1. The quantitative estimate of drug-likeness (QED) is 0.514. The molecule has 0 fully saturated rings. The normalized spacial score (nSPS) is 11.0. The molecule has 7 nitrogen and oxygen atoms in total. The van der Waals surface area contributed by atoms with Crippen LogP contribution < -0.4 is 4.72 Å². The highest BCUT2D eigenvalue weighted by molar-refractivity contribution is 7.92. The van der Waals surface area contributed by atoms with Gasteiger partial charge in [0, 0.05) is 23.4 Å². The molecule has 0 amide bonds. The maximum Gasteiger partial charge on any atom is 0.270 e. The van der Waals surface area contributed by atoms with Gasteiger partial charge in [-0.3, -0.25) is 19.6 Å². The maximum absolute atomic E-state index is 12.4. The van der Waals surface area contributed by atoms with E-state index in [1.165, 1.54) is 43.3 Å². The molecule has 0 spiro atoms. The average molecular weight is 334 g/mol. The Morgan fingerprint density at radius 2 is 1.74 bits per heavy atom. The number of hydrogen-bond donors (Lipinski definition) is 1. The van der Waals surface area contributed by atoms with Crippen molar-refractivity contribution in [2.45, 2.75) is 18.7 Å². The fourth-order valence-corrected chi connectivity index (χ4v) is 3.30. The Hall–Kier alpha value is -2.74. The predicted octanol–water partition coefficient (Wildman–Crippen LogP) is 2.91. The smallest absolute Gasteiger partial charge is 0.270 e. The van der Waals surface area contributed by atoms with Crippen LogP contribution in [0.3, 0.4) is 0 Å². The van der Waals surface area contributed by atoms with Crippen molar-refractivity contribution >= 4 is 27.2 Å². The van der Waals surface area contributed by atoms with Crippen LogP contribution in [-0.4, -0.2) is 19.1 Å². The molecule has 0 atom stereocenters. The number of rotatable bonds is 5. The van der Waals surface area contributed by atoms with E-state index >= 15 is 0 Å². The van der Waals surface area contributed by atoms with Crippen molar-refractivity contribution in [3.63, 3.8) is 0 Å². The Bertz CT molecular complexity index is 873. The molecule has 2 rings (SSSR count). The summed E-state index contributed by atoms with van der Waals surface area (Å²) in [5, 5.41) is 10.8. The van der Waals surface area contributed by atoms with Crippen LogP contribution in [0, 0.1) is 17.0 Å². The van der Waals surface area contributed by atoms with Gasteiger partial charge < -0.3 is 0 Å². The third kappa shape index (κ3) is 3.72. The summed E-state index contributed by atoms with van der Waals surface area (Å²) in [7, 11) is -3.97. The van der Waals surface area contributed by atoms with E-state index in [4.69, 9.17) is 0 Å². The minimum absolute atomic E-state index is 0.131. The summed E-state index contributed by atoms with van der Waals surface area (Å²) in [4.78, 5) is 21.2. The molecule has 0 aliphatic rings. The molecular weight excluding hydrogens is 320 g/mol. The number of carbonyl (C=O) groups is 1. The average Bonchev–Trinajstić information content (AvgIpc) is 2.47. The number of aryl methyl sites for hydroxylation is 1. The molecular formula is C15H14N2O5S. The van der Waals surface area contributed by atoms with Crippen LogP contribution in [0.25, 0.3) is 0 Å². The number of nitrogens with zero attached hydrogens (tertiary/aromatic N) is 1. The molecule has 0 radical (unpaired) electrons. The van der Waals surface area contributed by atoms with Crippen LogP contribution in [0.1, 0.15) is 22.8 Å². The highest BCUT2D eigenvalue weighted by Gasteiger charge is 2.20. The third-order valence-corrected chi connectivity index (χ3v) is 4.74. The maximum atomic E-state index is 12.4. The second kappa shape index (κ2) is 6.17. The van der Waals surface area contributed by atoms with Crippen molar-refractivity contribution in [1.29, 1.82) is 0 Å². The molecule has 0 aliphatic heterocycles. The number of nitrogens with one attached hydrogen (secondary N) is 1. The second-order valence-corrected chi connectivity index (χ2v) is 6.60. The Labute approximate surface area is 133 Å². The lowest BCUT2D eigenvalue weighted by molar-refractivity contribution is -0.385. The summed E-state index contributed by atoms with van der Waals surface area (Å²) in [6.07, 6.45) is 0. The van der Waals surface area contributed by atoms with Crippen molar-refractivity contribution in [3.05, 3.63) is 63.7 Å². The van der Waals surface area contributed by atoms with E-state index in [9.17, 15) is 23.3 Å². The lowest BCUT2D eigenvalue weighted by Gasteiger charge is -2.10. The molecule has 0 saturated carbocycles. The van der Waals surface area contributed by atoms with E-state index in [-0.39, 0.29) is 22.1 Å². The van der Waals surface area contributed by atoms with Gasteiger partial charge in [-0.15, -0.1) is 0 Å². The molecule has 1 N–H and O–H groups in total. The number of hydrogen-bond acceptors (Lipinski definition) is 5. The lowest BCUT2D eigenvalue weighted by atomic mass is 10.1. The Balaban J connectivity index is 2.37. The topological polar surface area (TPSA) is 106 Å². The fraction of sp³-hybridized carbons (Fsp3) is 0.133. The first-order valence-electron chi connectivity index (χ1n) is 6.59. The van der Waals surface area contributed by atoms with Gasteiger partial charge in [-0.1, -0.05) is 6.07 Å². The summed E-state index contributed by atoms with van der Waals surface area (Å²) in [5.41, 5.74) is 0.812. The molecule has 0 unspecified atom stereocenters. The van der Waals surface area contributed by atoms with Gasteiger partial charge in [0.25, 0.3) is 15.7 Å². The summed E-state index contributed by atoms with van der Waals surface area (Å²) in [6.45, 7) is 2.96. The standard InChI is InChI=1S/C15H14N2O5S/c1-10-3-8-14(17(19)20)9-15(10)23(21,22)16-13-6-4-12(5-7-13)11(2)18/h3-9,16H,1-2H3. The first-order chi connectivity index (χ1) is 10.7. The molecule has 0 aromatic heterocycles. The zero-order chi connectivity index (χ0) is 17.2. The molecule has 0 bridgehead atoms. The van der Waals surface area contributed by atoms with Gasteiger partial charge in [0.2, 0.25) is 0 Å². The van der Waals surface area contributed by atoms with Crippen molar-refractivity contribution < 1.29 is 18.1 Å². The summed E-state index contributed by atoms with van der Waals surface area (Å²) in [5.74, 6) is -0.131. The summed E-state index contributed by atoms with van der Waals surface area (Å²) in [6, 6.07) is 9.56. The summed E-state index contributed by atoms with van der Waals surface area (Å²) < 4.78 is 27.2. The lowest BCUT2D eigenvalue weighted by Crippen LogP contribution is -2.14.